The third-order valence-electron chi connectivity index (χ3n) is 7.09. The molecule has 44 heavy (non-hydrogen) atoms. The number of Topliss-reactive ketones (excluding diaryl/α,β-unsaturated/α-hetero) is 1. The van der Waals surface area contributed by atoms with Gasteiger partial charge in [0.1, 0.15) is 0 Å². The Bertz CT molecular complexity index is 1630. The zero-order valence-electron chi connectivity index (χ0n) is 24.0. The van der Waals surface area contributed by atoms with E-state index in [0.29, 0.717) is 15.1 Å². The van der Waals surface area contributed by atoms with E-state index in [0.717, 1.165) is 16.2 Å². The summed E-state index contributed by atoms with van der Waals surface area (Å²) in [6.07, 6.45) is -0.347. The maximum atomic E-state index is 15.2. The number of phenolic OH excluding ortho intramolecular Hbond substituents is 1. The van der Waals surface area contributed by atoms with Crippen molar-refractivity contribution in [2.24, 2.45) is 11.8 Å². The highest BCUT2D eigenvalue weighted by molar-refractivity contribution is 7.20. The molecule has 0 saturated carbocycles. The zero-order chi connectivity index (χ0) is 32.3. The van der Waals surface area contributed by atoms with E-state index >= 15 is 4.39 Å². The SMILES string of the molecule is COc1cc2sc(C(=O)CC(C)C(=O)O)cc2nc1OCCCOc1c(O)c(F)c2c(c1F)CN(C(=O)CC(C)C(=O)O)C2. The first kappa shape index (κ1) is 32.4. The Balaban J connectivity index is 1.37. The molecule has 2 atom stereocenters. The molecular formula is C29H30F2N2O10S. The summed E-state index contributed by atoms with van der Waals surface area (Å²) >= 11 is 1.15. The number of ketones is 1. The van der Waals surface area contributed by atoms with Crippen molar-refractivity contribution in [3.63, 3.8) is 0 Å². The van der Waals surface area contributed by atoms with Gasteiger partial charge in [0, 0.05) is 49.5 Å². The molecule has 1 aromatic carbocycles. The van der Waals surface area contributed by atoms with Crippen LogP contribution in [0.4, 0.5) is 8.78 Å². The topological polar surface area (TPSA) is 173 Å². The Kier molecular flexibility index (Phi) is 9.87. The number of benzene rings is 1. The Morgan fingerprint density at radius 1 is 0.977 bits per heavy atom. The van der Waals surface area contributed by atoms with Crippen LogP contribution in [0.3, 0.4) is 0 Å². The number of carboxylic acid groups (broad SMARTS) is 2. The van der Waals surface area contributed by atoms with Gasteiger partial charge in [0.2, 0.25) is 5.91 Å². The molecule has 4 rings (SSSR count). The number of ether oxygens (including phenoxy) is 3. The number of aromatic nitrogens is 1. The van der Waals surface area contributed by atoms with Gasteiger partial charge in [-0.15, -0.1) is 11.3 Å². The van der Waals surface area contributed by atoms with Crippen LogP contribution in [-0.2, 0) is 27.5 Å². The van der Waals surface area contributed by atoms with Gasteiger partial charge in [0.25, 0.3) is 5.88 Å². The molecule has 3 N–H and O–H groups in total. The highest BCUT2D eigenvalue weighted by Crippen LogP contribution is 2.41. The number of pyridine rings is 1. The molecule has 3 aromatic rings. The minimum Gasteiger partial charge on any atom is -0.502 e. The smallest absolute Gasteiger partial charge is 0.306 e. The fourth-order valence-electron chi connectivity index (χ4n) is 4.49. The van der Waals surface area contributed by atoms with Gasteiger partial charge in [-0.3, -0.25) is 19.2 Å². The minimum atomic E-state index is -1.17. The molecule has 0 aliphatic carbocycles. The summed E-state index contributed by atoms with van der Waals surface area (Å²) in [5.41, 5.74) is 0.0883. The van der Waals surface area contributed by atoms with Crippen molar-refractivity contribution >= 4 is 45.2 Å². The maximum absolute atomic E-state index is 15.2. The van der Waals surface area contributed by atoms with Crippen LogP contribution in [0.5, 0.6) is 23.1 Å². The van der Waals surface area contributed by atoms with Gasteiger partial charge >= 0.3 is 11.9 Å². The van der Waals surface area contributed by atoms with Crippen LogP contribution in [0.25, 0.3) is 10.2 Å². The third-order valence-corrected chi connectivity index (χ3v) is 8.20. The van der Waals surface area contributed by atoms with Crippen molar-refractivity contribution in [2.45, 2.75) is 46.2 Å². The first-order valence-corrected chi connectivity index (χ1v) is 14.4. The molecule has 1 aliphatic heterocycles. The van der Waals surface area contributed by atoms with Gasteiger partial charge in [-0.2, -0.15) is 0 Å². The van der Waals surface area contributed by atoms with Crippen molar-refractivity contribution in [3.05, 3.63) is 39.8 Å². The van der Waals surface area contributed by atoms with Gasteiger partial charge < -0.3 is 34.4 Å². The fourth-order valence-corrected chi connectivity index (χ4v) is 5.47. The molecule has 0 fully saturated rings. The molecule has 2 aromatic heterocycles. The molecule has 236 valence electrons. The largest absolute Gasteiger partial charge is 0.502 e. The highest BCUT2D eigenvalue weighted by atomic mass is 32.1. The van der Waals surface area contributed by atoms with Crippen LogP contribution >= 0.6 is 11.3 Å². The lowest BCUT2D eigenvalue weighted by atomic mass is 10.0. The molecule has 0 saturated heterocycles. The number of carbonyl (C=O) groups is 4. The van der Waals surface area contributed by atoms with Crippen molar-refractivity contribution < 1.29 is 57.5 Å². The molecule has 2 unspecified atom stereocenters. The predicted octanol–water partition coefficient (Wildman–Crippen LogP) is 4.38. The van der Waals surface area contributed by atoms with Crippen molar-refractivity contribution in [1.29, 1.82) is 0 Å². The summed E-state index contributed by atoms with van der Waals surface area (Å²) in [4.78, 5) is 53.0. The summed E-state index contributed by atoms with van der Waals surface area (Å²) in [6.45, 7) is 2.00. The summed E-state index contributed by atoms with van der Waals surface area (Å²) in [5.74, 6) is -8.47. The first-order valence-electron chi connectivity index (χ1n) is 13.5. The number of methoxy groups -OCH3 is 1. The molecule has 1 amide bonds. The van der Waals surface area contributed by atoms with Crippen LogP contribution in [0, 0.1) is 23.5 Å². The standard InChI is InChI=1S/C29H30F2N2O10S/c1-13(28(37)38)7-18(34)21-9-17-20(44-21)10-19(41-3)27(32-17)43-6-4-5-42-26-24(31)16-12-33(11-15(16)23(30)25(26)36)22(35)8-14(2)29(39)40/h9-10,13-14,36H,4-8,11-12H2,1-3H3,(H,37,38)(H,39,40). The van der Waals surface area contributed by atoms with Gasteiger partial charge in [-0.1, -0.05) is 13.8 Å². The number of carboxylic acids is 2. The van der Waals surface area contributed by atoms with E-state index in [1.807, 2.05) is 0 Å². The lowest BCUT2D eigenvalue weighted by Gasteiger charge is -2.16. The van der Waals surface area contributed by atoms with E-state index in [1.165, 1.54) is 21.0 Å². The molecule has 15 heteroatoms. The van der Waals surface area contributed by atoms with Gasteiger partial charge in [0.05, 0.1) is 47.3 Å². The molecule has 1 aliphatic rings. The predicted molar refractivity (Wildman–Crippen MR) is 151 cm³/mol. The minimum absolute atomic E-state index is 0.000757. The number of amides is 1. The van der Waals surface area contributed by atoms with Crippen LogP contribution in [0.1, 0.15) is 53.9 Å². The molecule has 0 radical (unpaired) electrons. The average molecular weight is 637 g/mol. The third kappa shape index (κ3) is 6.82. The number of thiophene rings is 1. The van der Waals surface area contributed by atoms with Crippen molar-refractivity contribution in [3.8, 4) is 23.1 Å². The number of halogens is 2. The normalized spacial score (nSPS) is 13.8. The summed E-state index contributed by atoms with van der Waals surface area (Å²) < 4.78 is 47.2. The van der Waals surface area contributed by atoms with E-state index in [4.69, 9.17) is 24.4 Å². The summed E-state index contributed by atoms with van der Waals surface area (Å²) in [5, 5.41) is 28.4. The van der Waals surface area contributed by atoms with E-state index in [-0.39, 0.29) is 74.1 Å². The fraction of sp³-hybridized carbons (Fsp3) is 0.414. The van der Waals surface area contributed by atoms with Crippen LogP contribution in [-0.4, -0.2) is 69.2 Å². The maximum Gasteiger partial charge on any atom is 0.306 e. The quantitative estimate of drug-likeness (QED) is 0.169. The number of phenols is 1. The zero-order valence-corrected chi connectivity index (χ0v) is 24.8. The average Bonchev–Trinajstić information content (AvgIpc) is 3.62. The van der Waals surface area contributed by atoms with E-state index < -0.39 is 52.8 Å². The second kappa shape index (κ2) is 13.4. The van der Waals surface area contributed by atoms with E-state index in [1.54, 1.807) is 12.1 Å². The molecule has 3 heterocycles. The molecule has 0 bridgehead atoms. The van der Waals surface area contributed by atoms with E-state index in [9.17, 15) is 28.7 Å². The number of hydrogen-bond donors (Lipinski definition) is 3. The first-order chi connectivity index (χ1) is 20.8. The monoisotopic (exact) mass is 636 g/mol. The van der Waals surface area contributed by atoms with Crippen LogP contribution < -0.4 is 14.2 Å². The van der Waals surface area contributed by atoms with Gasteiger partial charge in [0.15, 0.2) is 34.7 Å². The Hall–Kier alpha value is -4.53. The van der Waals surface area contributed by atoms with Crippen molar-refractivity contribution in [2.75, 3.05) is 20.3 Å². The summed E-state index contributed by atoms with van der Waals surface area (Å²) in [6, 6.07) is 3.18. The molecule has 0 spiro atoms. The van der Waals surface area contributed by atoms with Crippen LogP contribution in [0.15, 0.2) is 12.1 Å². The second-order valence-corrected chi connectivity index (χ2v) is 11.4. The number of rotatable bonds is 14. The van der Waals surface area contributed by atoms with Gasteiger partial charge in [-0.25, -0.2) is 13.8 Å². The number of nitrogens with zero attached hydrogens (tertiary/aromatic N) is 2. The highest BCUT2D eigenvalue weighted by Gasteiger charge is 2.34. The number of aliphatic carboxylic acids is 2. The lowest BCUT2D eigenvalue weighted by molar-refractivity contribution is -0.145. The van der Waals surface area contributed by atoms with Crippen LogP contribution in [0.2, 0.25) is 0 Å². The number of fused-ring (bicyclic) bond motifs is 2. The van der Waals surface area contributed by atoms with Crippen molar-refractivity contribution in [1.82, 2.24) is 9.88 Å². The van der Waals surface area contributed by atoms with E-state index in [2.05, 4.69) is 4.98 Å². The Labute approximate surface area is 253 Å². The lowest BCUT2D eigenvalue weighted by Crippen LogP contribution is -2.28. The Morgan fingerprint density at radius 3 is 2.23 bits per heavy atom. The summed E-state index contributed by atoms with van der Waals surface area (Å²) in [7, 11) is 1.41. The number of hydrogen-bond acceptors (Lipinski definition) is 10. The molecular weight excluding hydrogens is 606 g/mol. The Morgan fingerprint density at radius 2 is 1.59 bits per heavy atom. The van der Waals surface area contributed by atoms with Gasteiger partial charge in [-0.05, 0) is 6.07 Å². The number of carbonyl (C=O) groups excluding carboxylic acids is 2. The second-order valence-electron chi connectivity index (χ2n) is 10.4. The number of aromatic hydroxyl groups is 1. The molecule has 12 nitrogen and oxygen atoms in total.